The molecule has 2 N–H and O–H groups in total. The van der Waals surface area contributed by atoms with Crippen molar-refractivity contribution in [3.8, 4) is 0 Å². The van der Waals surface area contributed by atoms with Crippen LogP contribution in [0.3, 0.4) is 0 Å². The molecule has 3 rings (SSSR count). The lowest BCUT2D eigenvalue weighted by Crippen LogP contribution is -2.36. The molecule has 3 aromatic rings. The van der Waals surface area contributed by atoms with Gasteiger partial charge in [-0.05, 0) is 25.1 Å². The highest BCUT2D eigenvalue weighted by Gasteiger charge is 2.10. The zero-order valence-corrected chi connectivity index (χ0v) is 18.6. The number of aliphatic imine (C=N–C) groups is 1. The quantitative estimate of drug-likeness (QED) is 0.321. The van der Waals surface area contributed by atoms with Gasteiger partial charge in [-0.15, -0.1) is 24.0 Å². The minimum Gasteiger partial charge on any atom is -0.351 e. The molecule has 0 radical (unpaired) electrons. The third-order valence-corrected chi connectivity index (χ3v) is 4.90. The second-order valence-electron chi connectivity index (χ2n) is 5.74. The molecule has 0 unspecified atom stereocenters. The van der Waals surface area contributed by atoms with Crippen LogP contribution in [0.1, 0.15) is 17.1 Å². The van der Waals surface area contributed by atoms with Crippen LogP contribution in [0.15, 0.2) is 35.5 Å². The van der Waals surface area contributed by atoms with Crippen molar-refractivity contribution in [3.05, 3.63) is 57.7 Å². The molecule has 0 amide bonds. The summed E-state index contributed by atoms with van der Waals surface area (Å²) < 4.78 is 3.91. The van der Waals surface area contributed by atoms with E-state index in [0.29, 0.717) is 29.2 Å². The van der Waals surface area contributed by atoms with E-state index >= 15 is 0 Å². The van der Waals surface area contributed by atoms with Gasteiger partial charge in [-0.25, -0.2) is 4.98 Å². The number of nitrogens with zero attached hydrogens (tertiary/aromatic N) is 4. The van der Waals surface area contributed by atoms with E-state index in [2.05, 4.69) is 38.0 Å². The van der Waals surface area contributed by atoms with Crippen molar-refractivity contribution < 1.29 is 0 Å². The first-order valence-electron chi connectivity index (χ1n) is 7.87. The molecule has 0 saturated heterocycles. The second-order valence-corrected chi connectivity index (χ2v) is 6.51. The minimum absolute atomic E-state index is 0. The number of aromatic nitrogens is 3. The number of fused-ring (bicyclic) bond motifs is 1. The summed E-state index contributed by atoms with van der Waals surface area (Å²) in [5.74, 6) is 0.683. The van der Waals surface area contributed by atoms with Crippen molar-refractivity contribution >= 4 is 58.8 Å². The van der Waals surface area contributed by atoms with Crippen LogP contribution in [0.4, 0.5) is 0 Å². The molecule has 140 valence electrons. The van der Waals surface area contributed by atoms with Gasteiger partial charge in [0.2, 0.25) is 0 Å². The number of nitrogens with one attached hydrogen (secondary N) is 2. The smallest absolute Gasteiger partial charge is 0.191 e. The molecule has 0 atom stereocenters. The van der Waals surface area contributed by atoms with E-state index in [4.69, 9.17) is 23.2 Å². The predicted octanol–water partition coefficient (Wildman–Crippen LogP) is 3.77. The largest absolute Gasteiger partial charge is 0.351 e. The summed E-state index contributed by atoms with van der Waals surface area (Å²) in [5.41, 5.74) is 4.01. The van der Waals surface area contributed by atoms with Gasteiger partial charge >= 0.3 is 0 Å². The first kappa shape index (κ1) is 20.9. The van der Waals surface area contributed by atoms with E-state index in [1.807, 2.05) is 36.0 Å². The molecule has 3 heterocycles. The van der Waals surface area contributed by atoms with Crippen LogP contribution in [-0.2, 0) is 20.1 Å². The molecule has 3 aromatic heterocycles. The van der Waals surface area contributed by atoms with Crippen LogP contribution in [0, 0.1) is 6.92 Å². The normalized spacial score (nSPS) is 11.5. The average molecular weight is 507 g/mol. The van der Waals surface area contributed by atoms with Crippen molar-refractivity contribution in [2.75, 3.05) is 7.05 Å². The Morgan fingerprint density at radius 1 is 1.23 bits per heavy atom. The summed E-state index contributed by atoms with van der Waals surface area (Å²) in [6.45, 7) is 3.20. The van der Waals surface area contributed by atoms with Gasteiger partial charge in [-0.2, -0.15) is 0 Å². The number of imidazole rings is 1. The van der Waals surface area contributed by atoms with Crippen LogP contribution >= 0.6 is 47.2 Å². The van der Waals surface area contributed by atoms with E-state index < -0.39 is 0 Å². The second kappa shape index (κ2) is 8.96. The fourth-order valence-electron chi connectivity index (χ4n) is 2.61. The topological polar surface area (TPSA) is 58.6 Å². The first-order valence-corrected chi connectivity index (χ1v) is 8.63. The Kier molecular flexibility index (Phi) is 7.19. The lowest BCUT2D eigenvalue weighted by Gasteiger charge is -2.11. The van der Waals surface area contributed by atoms with Crippen LogP contribution in [0.2, 0.25) is 10.2 Å². The number of rotatable bonds is 4. The van der Waals surface area contributed by atoms with Gasteiger partial charge in [0.25, 0.3) is 0 Å². The van der Waals surface area contributed by atoms with E-state index in [9.17, 15) is 0 Å². The van der Waals surface area contributed by atoms with Gasteiger partial charge in [0.1, 0.15) is 10.8 Å². The lowest BCUT2D eigenvalue weighted by molar-refractivity contribution is 0.747. The summed E-state index contributed by atoms with van der Waals surface area (Å²) in [6, 6.07) is 7.90. The Hall–Kier alpha value is -1.45. The zero-order valence-electron chi connectivity index (χ0n) is 14.8. The fraction of sp³-hybridized carbons (Fsp3) is 0.294. The van der Waals surface area contributed by atoms with Crippen molar-refractivity contribution in [2.45, 2.75) is 20.0 Å². The molecule has 0 spiro atoms. The number of guanidine groups is 1. The van der Waals surface area contributed by atoms with Crippen molar-refractivity contribution in [2.24, 2.45) is 12.0 Å². The van der Waals surface area contributed by atoms with Gasteiger partial charge in [-0.3, -0.25) is 4.99 Å². The number of halogens is 3. The van der Waals surface area contributed by atoms with Gasteiger partial charge in [0.15, 0.2) is 5.96 Å². The van der Waals surface area contributed by atoms with Gasteiger partial charge in [0.05, 0.1) is 23.8 Å². The zero-order chi connectivity index (χ0) is 18.0. The molecule has 0 bridgehead atoms. The summed E-state index contributed by atoms with van der Waals surface area (Å²) in [6.07, 6.45) is 2.03. The molecule has 0 aliphatic carbocycles. The van der Waals surface area contributed by atoms with Crippen LogP contribution in [-0.4, -0.2) is 27.0 Å². The highest BCUT2D eigenvalue weighted by atomic mass is 127. The van der Waals surface area contributed by atoms with Crippen molar-refractivity contribution in [1.82, 2.24) is 24.6 Å². The van der Waals surface area contributed by atoms with Gasteiger partial charge < -0.3 is 19.6 Å². The molecule has 26 heavy (non-hydrogen) atoms. The molecular weight excluding hydrogens is 486 g/mol. The Morgan fingerprint density at radius 2 is 1.96 bits per heavy atom. The Labute approximate surface area is 179 Å². The molecule has 0 aliphatic rings. The predicted molar refractivity (Wildman–Crippen MR) is 118 cm³/mol. The average Bonchev–Trinajstić information content (AvgIpc) is 3.13. The van der Waals surface area contributed by atoms with Gasteiger partial charge in [0, 0.05) is 31.7 Å². The molecule has 0 fully saturated rings. The maximum absolute atomic E-state index is 6.09. The molecule has 0 aromatic carbocycles. The standard InChI is InChI=1S/C17H20Cl2N6.HI/c1-11-5-4-6-15-23-12(10-25(11)15)8-21-17(20-2)22-9-13-7-14(18)16(19)24(13)3;/h4-7,10H,8-9H2,1-3H3,(H2,20,21,22);1H. The number of hydrogen-bond donors (Lipinski definition) is 2. The lowest BCUT2D eigenvalue weighted by atomic mass is 10.4. The number of hydrogen-bond acceptors (Lipinski definition) is 2. The molecule has 9 heteroatoms. The third-order valence-electron chi connectivity index (χ3n) is 4.06. The van der Waals surface area contributed by atoms with E-state index in [0.717, 1.165) is 22.7 Å². The Bertz CT molecular complexity index is 931. The Balaban J connectivity index is 0.00000243. The van der Waals surface area contributed by atoms with E-state index in [1.165, 1.54) is 0 Å². The van der Waals surface area contributed by atoms with E-state index in [1.54, 1.807) is 7.05 Å². The monoisotopic (exact) mass is 506 g/mol. The fourth-order valence-corrected chi connectivity index (χ4v) is 3.03. The summed E-state index contributed by atoms with van der Waals surface area (Å²) in [4.78, 5) is 8.84. The van der Waals surface area contributed by atoms with Crippen LogP contribution < -0.4 is 10.6 Å². The third kappa shape index (κ3) is 4.44. The van der Waals surface area contributed by atoms with E-state index in [-0.39, 0.29) is 24.0 Å². The summed E-state index contributed by atoms with van der Waals surface area (Å²) >= 11 is 12.1. The highest BCUT2D eigenvalue weighted by Crippen LogP contribution is 2.24. The minimum atomic E-state index is 0. The van der Waals surface area contributed by atoms with Gasteiger partial charge in [-0.1, -0.05) is 29.3 Å². The van der Waals surface area contributed by atoms with Crippen molar-refractivity contribution in [1.29, 1.82) is 0 Å². The first-order chi connectivity index (χ1) is 12.0. The number of aryl methyl sites for hydroxylation is 1. The number of pyridine rings is 1. The summed E-state index contributed by atoms with van der Waals surface area (Å²) in [7, 11) is 3.61. The molecule has 0 aliphatic heterocycles. The van der Waals surface area contributed by atoms with Crippen LogP contribution in [0.5, 0.6) is 0 Å². The molecule has 0 saturated carbocycles. The SMILES string of the molecule is CN=C(NCc1cn2c(C)cccc2n1)NCc1cc(Cl)c(Cl)n1C.I. The highest BCUT2D eigenvalue weighted by molar-refractivity contribution is 14.0. The molecular formula is C17H21Cl2IN6. The maximum atomic E-state index is 6.09. The molecule has 6 nitrogen and oxygen atoms in total. The van der Waals surface area contributed by atoms with Crippen molar-refractivity contribution in [3.63, 3.8) is 0 Å². The maximum Gasteiger partial charge on any atom is 0.191 e. The van der Waals surface area contributed by atoms with Crippen LogP contribution in [0.25, 0.3) is 5.65 Å². The Morgan fingerprint density at radius 3 is 2.58 bits per heavy atom. The summed E-state index contributed by atoms with van der Waals surface area (Å²) in [5, 5.41) is 7.59.